The maximum atomic E-state index is 12.8. The largest absolute Gasteiger partial charge is 0.504 e. The van der Waals surface area contributed by atoms with Crippen LogP contribution < -0.4 is 4.74 Å². The quantitative estimate of drug-likeness (QED) is 0.394. The van der Waals surface area contributed by atoms with Crippen molar-refractivity contribution in [1.29, 1.82) is 0 Å². The molecule has 6 heteroatoms. The topological polar surface area (TPSA) is 85.8 Å². The summed E-state index contributed by atoms with van der Waals surface area (Å²) in [6.07, 6.45) is 8.98. The number of phenols is 1. The number of carbonyl (C=O) groups excluding carboxylic acids is 1. The number of ether oxygens (including phenoxy) is 1. The minimum Gasteiger partial charge on any atom is -0.504 e. The van der Waals surface area contributed by atoms with Crippen LogP contribution in [0.4, 0.5) is 0 Å². The first-order chi connectivity index (χ1) is 19.0. The molecule has 3 heterocycles. The van der Waals surface area contributed by atoms with E-state index in [1.807, 2.05) is 42.5 Å². The van der Waals surface area contributed by atoms with E-state index < -0.39 is 17.1 Å². The van der Waals surface area contributed by atoms with E-state index >= 15 is 0 Å². The second-order valence-electron chi connectivity index (χ2n) is 12.4. The van der Waals surface area contributed by atoms with E-state index in [4.69, 9.17) is 4.74 Å². The van der Waals surface area contributed by atoms with Gasteiger partial charge in [-0.1, -0.05) is 36.4 Å². The molecule has 4 atom stereocenters. The normalized spacial score (nSPS) is 30.2. The van der Waals surface area contributed by atoms with Crippen LogP contribution in [0.5, 0.6) is 11.5 Å². The van der Waals surface area contributed by atoms with Crippen molar-refractivity contribution >= 4 is 11.9 Å². The van der Waals surface area contributed by atoms with Gasteiger partial charge in [0.15, 0.2) is 23.4 Å². The lowest BCUT2D eigenvalue weighted by atomic mass is 9.49. The first-order valence-electron chi connectivity index (χ1n) is 14.4. The summed E-state index contributed by atoms with van der Waals surface area (Å²) in [5, 5.41) is 23.6. The molecule has 1 saturated carbocycles. The zero-order chi connectivity index (χ0) is 26.4. The van der Waals surface area contributed by atoms with Crippen LogP contribution in [0.25, 0.3) is 6.08 Å². The maximum Gasteiger partial charge on any atom is 0.166 e. The number of aromatic amines is 1. The Labute approximate surface area is 228 Å². The lowest BCUT2D eigenvalue weighted by Crippen LogP contribution is -2.74. The molecule has 1 unspecified atom stereocenters. The van der Waals surface area contributed by atoms with Crippen LogP contribution in [-0.4, -0.2) is 50.6 Å². The molecule has 3 aliphatic carbocycles. The Morgan fingerprint density at radius 1 is 1.15 bits per heavy atom. The Morgan fingerprint density at radius 3 is 2.82 bits per heavy atom. The molecule has 1 spiro atoms. The van der Waals surface area contributed by atoms with Crippen LogP contribution in [0.1, 0.15) is 65.4 Å². The molecule has 8 rings (SSSR count). The SMILES string of the molecule is O=C(/C=C/c1cc2c([nH]1)C1Oc3c(O)ccc4c3[C@@]13CCN(CC1CC1)[C@H](C4)[C@]3(O)C2)CCc1ccccc1. The third kappa shape index (κ3) is 3.37. The molecule has 2 bridgehead atoms. The summed E-state index contributed by atoms with van der Waals surface area (Å²) < 4.78 is 6.61. The van der Waals surface area contributed by atoms with Gasteiger partial charge in [0, 0.05) is 36.7 Å². The van der Waals surface area contributed by atoms with E-state index in [1.165, 1.54) is 18.4 Å². The number of H-pyrrole nitrogens is 1. The molecule has 3 N–H and O–H groups in total. The molecular weight excluding hydrogens is 488 g/mol. The van der Waals surface area contributed by atoms with Crippen molar-refractivity contribution in [1.82, 2.24) is 9.88 Å². The Hall–Kier alpha value is -3.35. The fraction of sp³-hybridized carbons (Fsp3) is 0.424. The number of nitrogens with zero attached hydrogens (tertiary/aromatic N) is 1. The number of aromatic hydroxyl groups is 1. The van der Waals surface area contributed by atoms with Gasteiger partial charge in [-0.25, -0.2) is 0 Å². The Bertz CT molecular complexity index is 1510. The maximum absolute atomic E-state index is 12.8. The van der Waals surface area contributed by atoms with Crippen molar-refractivity contribution in [2.24, 2.45) is 5.92 Å². The number of phenolic OH excluding ortho intramolecular Hbond substituents is 1. The van der Waals surface area contributed by atoms with Crippen molar-refractivity contribution in [3.05, 3.63) is 88.2 Å². The zero-order valence-electron chi connectivity index (χ0n) is 22.0. The Balaban J connectivity index is 1.14. The number of likely N-dealkylation sites (tertiary alicyclic amines) is 1. The molecule has 1 saturated heterocycles. The summed E-state index contributed by atoms with van der Waals surface area (Å²) in [7, 11) is 0. The number of piperidine rings is 1. The smallest absolute Gasteiger partial charge is 0.166 e. The molecule has 200 valence electrons. The average molecular weight is 523 g/mol. The van der Waals surface area contributed by atoms with E-state index in [9.17, 15) is 15.0 Å². The van der Waals surface area contributed by atoms with Gasteiger partial charge in [-0.15, -0.1) is 0 Å². The average Bonchev–Trinajstić information content (AvgIpc) is 3.55. The van der Waals surface area contributed by atoms with Crippen molar-refractivity contribution in [2.75, 3.05) is 13.1 Å². The highest BCUT2D eigenvalue weighted by Crippen LogP contribution is 2.68. The number of aryl methyl sites for hydroxylation is 1. The van der Waals surface area contributed by atoms with Crippen molar-refractivity contribution < 1.29 is 19.7 Å². The fourth-order valence-electron chi connectivity index (χ4n) is 8.15. The van der Waals surface area contributed by atoms with Crippen LogP contribution in [-0.2, 0) is 29.5 Å². The molecule has 0 amide bonds. The van der Waals surface area contributed by atoms with Crippen LogP contribution in [0, 0.1) is 5.92 Å². The highest BCUT2D eigenvalue weighted by atomic mass is 16.5. The summed E-state index contributed by atoms with van der Waals surface area (Å²) >= 11 is 0. The Kier molecular flexibility index (Phi) is 5.02. The molecule has 2 aromatic carbocycles. The summed E-state index contributed by atoms with van der Waals surface area (Å²) in [6.45, 7) is 1.98. The van der Waals surface area contributed by atoms with Gasteiger partial charge in [-0.3, -0.25) is 9.69 Å². The van der Waals surface area contributed by atoms with Crippen LogP contribution >= 0.6 is 0 Å². The van der Waals surface area contributed by atoms with Gasteiger partial charge >= 0.3 is 0 Å². The first kappa shape index (κ1) is 23.5. The van der Waals surface area contributed by atoms with Gasteiger partial charge in [0.2, 0.25) is 0 Å². The third-order valence-electron chi connectivity index (χ3n) is 10.1. The molecule has 5 aliphatic rings. The number of benzene rings is 2. The van der Waals surface area contributed by atoms with Gasteiger partial charge in [0.25, 0.3) is 0 Å². The molecule has 2 aliphatic heterocycles. The van der Waals surface area contributed by atoms with Crippen LogP contribution in [0.3, 0.4) is 0 Å². The molecule has 2 fully saturated rings. The number of hydrogen-bond acceptors (Lipinski definition) is 5. The number of nitrogens with one attached hydrogen (secondary N) is 1. The fourth-order valence-corrected chi connectivity index (χ4v) is 8.15. The highest BCUT2D eigenvalue weighted by molar-refractivity contribution is 5.93. The van der Waals surface area contributed by atoms with E-state index in [0.29, 0.717) is 18.6 Å². The lowest BCUT2D eigenvalue weighted by Gasteiger charge is -2.62. The number of carbonyl (C=O) groups is 1. The van der Waals surface area contributed by atoms with Crippen LogP contribution in [0.15, 0.2) is 54.6 Å². The molecule has 3 aromatic rings. The minimum absolute atomic E-state index is 0.0162. The van der Waals surface area contributed by atoms with Gasteiger partial charge in [-0.05, 0) is 85.5 Å². The number of aromatic nitrogens is 1. The zero-order valence-corrected chi connectivity index (χ0v) is 22.0. The van der Waals surface area contributed by atoms with Crippen molar-refractivity contribution in [3.8, 4) is 11.5 Å². The summed E-state index contributed by atoms with van der Waals surface area (Å²) in [5.41, 5.74) is 4.65. The molecule has 1 aromatic heterocycles. The summed E-state index contributed by atoms with van der Waals surface area (Å²) in [5.74, 6) is 1.53. The number of hydrogen-bond donors (Lipinski definition) is 3. The van der Waals surface area contributed by atoms with Crippen molar-refractivity contribution in [2.45, 2.75) is 68.1 Å². The lowest BCUT2D eigenvalue weighted by molar-refractivity contribution is -0.173. The monoisotopic (exact) mass is 522 g/mol. The summed E-state index contributed by atoms with van der Waals surface area (Å²) in [6, 6.07) is 15.9. The summed E-state index contributed by atoms with van der Waals surface area (Å²) in [4.78, 5) is 18.7. The van der Waals surface area contributed by atoms with Gasteiger partial charge < -0.3 is 19.9 Å². The Morgan fingerprint density at radius 2 is 2.00 bits per heavy atom. The second kappa shape index (κ2) is 8.33. The highest BCUT2D eigenvalue weighted by Gasteiger charge is 2.72. The number of aliphatic hydroxyl groups is 1. The predicted octanol–water partition coefficient (Wildman–Crippen LogP) is 4.63. The van der Waals surface area contributed by atoms with Gasteiger partial charge in [-0.2, -0.15) is 0 Å². The predicted molar refractivity (Wildman–Crippen MR) is 148 cm³/mol. The second-order valence-corrected chi connectivity index (χ2v) is 12.4. The number of rotatable bonds is 7. The third-order valence-corrected chi connectivity index (χ3v) is 10.1. The molecular formula is C33H34N2O4. The standard InChI is InChI=1S/C33H34N2O4/c36-25(11-8-20-4-2-1-3-5-20)12-10-24-16-23-18-33(38)27-17-22-9-13-26(37)30-28(22)32(33,31(39-30)29(23)34-24)14-15-35(27)19-21-6-7-21/h1-5,9-10,12-13,16,21,27,31,34,37-38H,6-8,11,14-15,17-19H2/b12-10+/t27-,31?,32+,33-/m1/s1. The number of fused-ring (bicyclic) bond motifs is 2. The minimum atomic E-state index is -0.988. The number of allylic oxidation sites excluding steroid dienone is 1. The molecule has 39 heavy (non-hydrogen) atoms. The van der Waals surface area contributed by atoms with E-state index in [1.54, 1.807) is 12.1 Å². The first-order valence-corrected chi connectivity index (χ1v) is 14.4. The molecule has 0 radical (unpaired) electrons. The van der Waals surface area contributed by atoms with Crippen LogP contribution in [0.2, 0.25) is 0 Å². The van der Waals surface area contributed by atoms with E-state index in [-0.39, 0.29) is 17.6 Å². The van der Waals surface area contributed by atoms with E-state index in [2.05, 4.69) is 16.0 Å². The van der Waals surface area contributed by atoms with Gasteiger partial charge in [0.1, 0.15) is 0 Å². The number of ketones is 1. The van der Waals surface area contributed by atoms with Gasteiger partial charge in [0.05, 0.1) is 16.7 Å². The molecule has 6 nitrogen and oxygen atoms in total. The van der Waals surface area contributed by atoms with Crippen molar-refractivity contribution in [3.63, 3.8) is 0 Å². The van der Waals surface area contributed by atoms with E-state index in [0.717, 1.165) is 66.3 Å².